The van der Waals surface area contributed by atoms with Crippen LogP contribution < -0.4 is 4.90 Å². The van der Waals surface area contributed by atoms with Crippen LogP contribution in [0.3, 0.4) is 0 Å². The summed E-state index contributed by atoms with van der Waals surface area (Å²) in [4.78, 5) is 2.25. The third-order valence-corrected chi connectivity index (χ3v) is 10.2. The maximum absolute atomic E-state index is 14.6. The molecule has 1 aliphatic carbocycles. The van der Waals surface area contributed by atoms with E-state index in [9.17, 15) is 8.78 Å². The second-order valence-electron chi connectivity index (χ2n) is 13.2. The summed E-state index contributed by atoms with van der Waals surface area (Å²) in [6.45, 7) is 6.38. The van der Waals surface area contributed by atoms with Crippen LogP contribution in [0, 0.1) is 11.6 Å². The zero-order valence-electron chi connectivity index (χ0n) is 29.4. The zero-order valence-corrected chi connectivity index (χ0v) is 29.4. The summed E-state index contributed by atoms with van der Waals surface area (Å²) in [5, 5.41) is 0. The molecule has 1 aliphatic rings. The van der Waals surface area contributed by atoms with Gasteiger partial charge in [0, 0.05) is 17.1 Å². The third-order valence-electron chi connectivity index (χ3n) is 10.2. The van der Waals surface area contributed by atoms with E-state index in [0.29, 0.717) is 0 Å². The molecule has 0 saturated carbocycles. The van der Waals surface area contributed by atoms with Crippen molar-refractivity contribution in [1.82, 2.24) is 0 Å². The minimum Gasteiger partial charge on any atom is -0.310 e. The highest BCUT2D eigenvalue weighted by atomic mass is 19.1. The van der Waals surface area contributed by atoms with E-state index in [2.05, 4.69) is 115 Å². The fourth-order valence-electron chi connectivity index (χ4n) is 7.84. The number of fused-ring (bicyclic) bond motifs is 3. The number of nitrogens with zero attached hydrogens (tertiary/aromatic N) is 1. The first kappa shape index (κ1) is 33.6. The summed E-state index contributed by atoms with van der Waals surface area (Å²) < 4.78 is 29.1. The molecule has 0 aromatic heterocycles. The number of anilines is 2. The molecule has 0 aliphatic heterocycles. The Bertz CT molecular complexity index is 2430. The Kier molecular flexibility index (Phi) is 9.00. The van der Waals surface area contributed by atoms with Crippen molar-refractivity contribution >= 4 is 16.9 Å². The van der Waals surface area contributed by atoms with Crippen LogP contribution in [0.2, 0.25) is 0 Å². The van der Waals surface area contributed by atoms with Crippen LogP contribution in [-0.2, 0) is 5.41 Å². The fraction of sp³-hybridized carbons (Fsp3) is 0.0400. The van der Waals surface area contributed by atoms with E-state index in [1.807, 2.05) is 73.7 Å². The summed E-state index contributed by atoms with van der Waals surface area (Å²) in [6, 6.07) is 57.6. The Balaban J connectivity index is 1.41. The highest BCUT2D eigenvalue weighted by Gasteiger charge is 2.46. The van der Waals surface area contributed by atoms with E-state index >= 15 is 0 Å². The SMILES string of the molecule is C=C/C(=C\C(=C/C)c1ccccc1)N(c1cccc(-c2ccccc2)c1)c1ccc2c(c1)C(c1ccc(F)cc1)(c1ccc(F)cc1)c1ccccc1-2. The van der Waals surface area contributed by atoms with E-state index in [0.717, 1.165) is 72.7 Å². The Morgan fingerprint density at radius 2 is 1.11 bits per heavy atom. The first-order chi connectivity index (χ1) is 26.0. The van der Waals surface area contributed by atoms with Crippen molar-refractivity contribution in [1.29, 1.82) is 0 Å². The van der Waals surface area contributed by atoms with Crippen LogP contribution in [0.25, 0.3) is 27.8 Å². The molecule has 0 spiro atoms. The lowest BCUT2D eigenvalue weighted by atomic mass is 9.67. The Labute approximate surface area is 310 Å². The van der Waals surface area contributed by atoms with Crippen LogP contribution in [-0.4, -0.2) is 0 Å². The van der Waals surface area contributed by atoms with Crippen molar-refractivity contribution in [2.45, 2.75) is 12.3 Å². The smallest absolute Gasteiger partial charge is 0.123 e. The van der Waals surface area contributed by atoms with Gasteiger partial charge in [0.05, 0.1) is 5.41 Å². The third kappa shape index (κ3) is 6.00. The quantitative estimate of drug-likeness (QED) is 0.136. The second-order valence-corrected chi connectivity index (χ2v) is 13.2. The molecule has 0 fully saturated rings. The molecular formula is C50H37F2N. The van der Waals surface area contributed by atoms with Gasteiger partial charge < -0.3 is 4.90 Å². The molecule has 7 aromatic rings. The average Bonchev–Trinajstić information content (AvgIpc) is 3.51. The average molecular weight is 690 g/mol. The number of hydrogen-bond acceptors (Lipinski definition) is 1. The van der Waals surface area contributed by atoms with Gasteiger partial charge in [-0.15, -0.1) is 0 Å². The number of allylic oxidation sites excluding steroid dienone is 4. The standard InChI is InChI=1S/C50H37F2N/c1-3-35(36-14-7-5-8-15-36)32-43(4-2)53(44-19-13-18-38(33-44)37-16-9-6-10-17-37)45-30-31-47-46-20-11-12-21-48(46)50(49(47)34-45,39-22-26-41(51)27-23-39)40-24-28-42(52)29-25-40/h3-34H,2H2,1H3/b35-3+,43-32+. The summed E-state index contributed by atoms with van der Waals surface area (Å²) in [6.07, 6.45) is 6.19. The molecule has 0 heterocycles. The van der Waals surface area contributed by atoms with Gasteiger partial charge in [-0.2, -0.15) is 0 Å². The molecule has 3 heteroatoms. The van der Waals surface area contributed by atoms with Crippen LogP contribution in [0.4, 0.5) is 20.2 Å². The van der Waals surface area contributed by atoms with Crippen molar-refractivity contribution in [3.05, 3.63) is 246 Å². The van der Waals surface area contributed by atoms with E-state index < -0.39 is 5.41 Å². The normalized spacial score (nSPS) is 13.3. The maximum Gasteiger partial charge on any atom is 0.123 e. The van der Waals surface area contributed by atoms with Gasteiger partial charge in [0.25, 0.3) is 0 Å². The second kappa shape index (κ2) is 14.2. The predicted octanol–water partition coefficient (Wildman–Crippen LogP) is 13.3. The lowest BCUT2D eigenvalue weighted by Crippen LogP contribution is -2.29. The van der Waals surface area contributed by atoms with Gasteiger partial charge in [-0.1, -0.05) is 140 Å². The molecule has 53 heavy (non-hydrogen) atoms. The van der Waals surface area contributed by atoms with Crippen LogP contribution in [0.5, 0.6) is 0 Å². The Hall–Kier alpha value is -6.58. The van der Waals surface area contributed by atoms with Crippen LogP contribution in [0.1, 0.15) is 34.7 Å². The lowest BCUT2D eigenvalue weighted by Gasteiger charge is -2.35. The van der Waals surface area contributed by atoms with Crippen molar-refractivity contribution in [3.63, 3.8) is 0 Å². The molecule has 0 bridgehead atoms. The van der Waals surface area contributed by atoms with Crippen LogP contribution in [0.15, 0.2) is 206 Å². The minimum absolute atomic E-state index is 0.313. The molecule has 0 amide bonds. The highest BCUT2D eigenvalue weighted by molar-refractivity contribution is 5.89. The van der Waals surface area contributed by atoms with Crippen LogP contribution >= 0.6 is 0 Å². The van der Waals surface area contributed by atoms with E-state index in [1.165, 1.54) is 24.3 Å². The van der Waals surface area contributed by atoms with Crippen molar-refractivity contribution in [2.24, 2.45) is 0 Å². The Morgan fingerprint density at radius 3 is 1.75 bits per heavy atom. The van der Waals surface area contributed by atoms with Crippen molar-refractivity contribution < 1.29 is 8.78 Å². The lowest BCUT2D eigenvalue weighted by molar-refractivity contribution is 0.622. The molecular weight excluding hydrogens is 653 g/mol. The first-order valence-corrected chi connectivity index (χ1v) is 17.8. The molecule has 1 nitrogen and oxygen atoms in total. The monoisotopic (exact) mass is 689 g/mol. The molecule has 256 valence electrons. The molecule has 8 rings (SSSR count). The van der Waals surface area contributed by atoms with Crippen molar-refractivity contribution in [2.75, 3.05) is 4.90 Å². The molecule has 0 saturated heterocycles. The van der Waals surface area contributed by atoms with Gasteiger partial charge in [-0.3, -0.25) is 0 Å². The van der Waals surface area contributed by atoms with Gasteiger partial charge in [-0.05, 0) is 123 Å². The molecule has 0 atom stereocenters. The number of halogens is 2. The van der Waals surface area contributed by atoms with Gasteiger partial charge in [0.15, 0.2) is 0 Å². The Morgan fingerprint density at radius 1 is 0.547 bits per heavy atom. The van der Waals surface area contributed by atoms with Crippen molar-refractivity contribution in [3.8, 4) is 22.3 Å². The van der Waals surface area contributed by atoms with Gasteiger partial charge in [0.1, 0.15) is 11.6 Å². The fourth-order valence-corrected chi connectivity index (χ4v) is 7.84. The largest absolute Gasteiger partial charge is 0.310 e. The highest BCUT2D eigenvalue weighted by Crippen LogP contribution is 2.57. The number of rotatable bonds is 9. The molecule has 0 N–H and O–H groups in total. The number of hydrogen-bond donors (Lipinski definition) is 0. The summed E-state index contributed by atoms with van der Waals surface area (Å²) in [5.74, 6) is -0.626. The van der Waals surface area contributed by atoms with Gasteiger partial charge in [-0.25, -0.2) is 8.78 Å². The maximum atomic E-state index is 14.6. The first-order valence-electron chi connectivity index (χ1n) is 17.8. The zero-order chi connectivity index (χ0) is 36.4. The minimum atomic E-state index is -0.850. The van der Waals surface area contributed by atoms with Gasteiger partial charge in [0.2, 0.25) is 0 Å². The summed E-state index contributed by atoms with van der Waals surface area (Å²) in [7, 11) is 0. The topological polar surface area (TPSA) is 3.24 Å². The summed E-state index contributed by atoms with van der Waals surface area (Å²) >= 11 is 0. The number of benzene rings is 7. The van der Waals surface area contributed by atoms with E-state index in [4.69, 9.17) is 0 Å². The molecule has 0 unspecified atom stereocenters. The summed E-state index contributed by atoms with van der Waals surface area (Å²) in [5.41, 5.74) is 12.3. The predicted molar refractivity (Wildman–Crippen MR) is 216 cm³/mol. The van der Waals surface area contributed by atoms with E-state index in [1.54, 1.807) is 0 Å². The molecule has 0 radical (unpaired) electrons. The van der Waals surface area contributed by atoms with Gasteiger partial charge >= 0.3 is 0 Å². The molecule has 7 aromatic carbocycles. The van der Waals surface area contributed by atoms with E-state index in [-0.39, 0.29) is 11.6 Å².